The fourth-order valence-electron chi connectivity index (χ4n) is 1.04. The van der Waals surface area contributed by atoms with E-state index in [-0.39, 0.29) is 6.61 Å². The van der Waals surface area contributed by atoms with Gasteiger partial charge in [-0.1, -0.05) is 12.7 Å². The lowest BCUT2D eigenvalue weighted by Crippen LogP contribution is -2.42. The number of hydrogen-bond acceptors (Lipinski definition) is 4. The summed E-state index contributed by atoms with van der Waals surface area (Å²) in [5.74, 6) is -0.212. The van der Waals surface area contributed by atoms with Crippen LogP contribution in [0.2, 0.25) is 0 Å². The first-order valence-electron chi connectivity index (χ1n) is 4.01. The van der Waals surface area contributed by atoms with Gasteiger partial charge < -0.3 is 9.84 Å². The Hall–Kier alpha value is -1.17. The SMILES string of the molecule is C=CCOC(=O)N1CSC[C@H]1C(=O)O. The van der Waals surface area contributed by atoms with Crippen LogP contribution in [0.3, 0.4) is 0 Å². The average molecular weight is 217 g/mol. The van der Waals surface area contributed by atoms with Crippen molar-refractivity contribution in [2.45, 2.75) is 6.04 Å². The predicted octanol–water partition coefficient (Wildman–Crippen LogP) is 0.769. The number of carboxylic acids is 1. The summed E-state index contributed by atoms with van der Waals surface area (Å²) in [6, 6.07) is -0.766. The molecule has 1 atom stereocenters. The molecule has 0 aliphatic carbocycles. The van der Waals surface area contributed by atoms with Crippen LogP contribution in [-0.2, 0) is 9.53 Å². The van der Waals surface area contributed by atoms with Gasteiger partial charge in [-0.15, -0.1) is 11.8 Å². The Morgan fingerprint density at radius 3 is 3.00 bits per heavy atom. The molecule has 6 heteroatoms. The molecule has 14 heavy (non-hydrogen) atoms. The van der Waals surface area contributed by atoms with Crippen molar-refractivity contribution in [2.24, 2.45) is 0 Å². The molecule has 1 amide bonds. The summed E-state index contributed by atoms with van der Waals surface area (Å²) >= 11 is 1.40. The van der Waals surface area contributed by atoms with Crippen molar-refractivity contribution < 1.29 is 19.4 Å². The number of aliphatic carboxylic acids is 1. The van der Waals surface area contributed by atoms with Crippen LogP contribution in [0.4, 0.5) is 4.79 Å². The van der Waals surface area contributed by atoms with Gasteiger partial charge in [0.2, 0.25) is 0 Å². The number of carbonyl (C=O) groups is 2. The molecule has 0 saturated carbocycles. The van der Waals surface area contributed by atoms with E-state index >= 15 is 0 Å². The lowest BCUT2D eigenvalue weighted by Gasteiger charge is -2.19. The molecule has 0 radical (unpaired) electrons. The Morgan fingerprint density at radius 2 is 2.43 bits per heavy atom. The van der Waals surface area contributed by atoms with Crippen molar-refractivity contribution in [3.8, 4) is 0 Å². The van der Waals surface area contributed by atoms with Crippen molar-refractivity contribution in [1.29, 1.82) is 0 Å². The van der Waals surface area contributed by atoms with E-state index in [1.165, 1.54) is 22.7 Å². The molecule has 0 bridgehead atoms. The number of carbonyl (C=O) groups excluding carboxylic acids is 1. The maximum atomic E-state index is 11.3. The molecular weight excluding hydrogens is 206 g/mol. The van der Waals surface area contributed by atoms with Gasteiger partial charge in [0.05, 0.1) is 5.88 Å². The Bertz CT molecular complexity index is 256. The molecule has 78 valence electrons. The summed E-state index contributed by atoms with van der Waals surface area (Å²) in [6.07, 6.45) is 0.846. The molecule has 0 aromatic carbocycles. The highest BCUT2D eigenvalue weighted by Gasteiger charge is 2.35. The van der Waals surface area contributed by atoms with Gasteiger partial charge in [0.25, 0.3) is 0 Å². The third-order valence-corrected chi connectivity index (χ3v) is 2.74. The summed E-state index contributed by atoms with van der Waals surface area (Å²) < 4.78 is 4.75. The Kier molecular flexibility index (Phi) is 3.82. The van der Waals surface area contributed by atoms with Crippen LogP contribution in [-0.4, -0.2) is 46.3 Å². The number of amides is 1. The van der Waals surface area contributed by atoms with E-state index in [4.69, 9.17) is 9.84 Å². The van der Waals surface area contributed by atoms with Gasteiger partial charge in [-0.05, 0) is 0 Å². The predicted molar refractivity (Wildman–Crippen MR) is 52.1 cm³/mol. The zero-order valence-electron chi connectivity index (χ0n) is 7.51. The van der Waals surface area contributed by atoms with E-state index in [0.717, 1.165) is 0 Å². The topological polar surface area (TPSA) is 66.8 Å². The van der Waals surface area contributed by atoms with Gasteiger partial charge in [-0.3, -0.25) is 4.90 Å². The van der Waals surface area contributed by atoms with Gasteiger partial charge >= 0.3 is 12.1 Å². The number of carboxylic acid groups (broad SMARTS) is 1. The van der Waals surface area contributed by atoms with Crippen molar-refractivity contribution in [1.82, 2.24) is 4.90 Å². The summed E-state index contributed by atoms with van der Waals surface area (Å²) in [7, 11) is 0. The first kappa shape index (κ1) is 10.9. The van der Waals surface area contributed by atoms with E-state index in [1.54, 1.807) is 0 Å². The molecule has 1 fully saturated rings. The maximum Gasteiger partial charge on any atom is 0.411 e. The zero-order chi connectivity index (χ0) is 10.6. The summed E-state index contributed by atoms with van der Waals surface area (Å²) in [4.78, 5) is 23.2. The van der Waals surface area contributed by atoms with Gasteiger partial charge in [-0.2, -0.15) is 0 Å². The van der Waals surface area contributed by atoms with Crippen molar-refractivity contribution in [2.75, 3.05) is 18.2 Å². The van der Waals surface area contributed by atoms with E-state index in [2.05, 4.69) is 6.58 Å². The number of hydrogen-bond donors (Lipinski definition) is 1. The summed E-state index contributed by atoms with van der Waals surface area (Å²) in [6.45, 7) is 3.50. The fourth-order valence-corrected chi connectivity index (χ4v) is 2.17. The standard InChI is InChI=1S/C8H11NO4S/c1-2-3-13-8(12)9-5-14-4-6(9)7(10)11/h2,6H,1,3-5H2,(H,10,11)/t6-/m0/s1. The second-order valence-electron chi connectivity index (χ2n) is 2.69. The second-order valence-corrected chi connectivity index (χ2v) is 3.69. The smallest absolute Gasteiger partial charge is 0.411 e. The molecule has 1 aliphatic rings. The minimum atomic E-state index is -0.995. The van der Waals surface area contributed by atoms with Crippen LogP contribution in [0.25, 0.3) is 0 Å². The Balaban J connectivity index is 2.53. The van der Waals surface area contributed by atoms with Crippen LogP contribution < -0.4 is 0 Å². The fraction of sp³-hybridized carbons (Fsp3) is 0.500. The van der Waals surface area contributed by atoms with Crippen molar-refractivity contribution in [3.05, 3.63) is 12.7 Å². The third-order valence-electron chi connectivity index (χ3n) is 1.73. The molecule has 0 spiro atoms. The lowest BCUT2D eigenvalue weighted by molar-refractivity contribution is -0.141. The van der Waals surface area contributed by atoms with Gasteiger partial charge in [0.15, 0.2) is 0 Å². The molecule has 1 N–H and O–H groups in total. The van der Waals surface area contributed by atoms with Crippen LogP contribution in [0.5, 0.6) is 0 Å². The van der Waals surface area contributed by atoms with Crippen LogP contribution in [0, 0.1) is 0 Å². The highest BCUT2D eigenvalue weighted by atomic mass is 32.2. The quantitative estimate of drug-likeness (QED) is 0.707. The Labute approximate surface area is 85.7 Å². The molecule has 1 aliphatic heterocycles. The van der Waals surface area contributed by atoms with Crippen LogP contribution >= 0.6 is 11.8 Å². The molecule has 1 saturated heterocycles. The van der Waals surface area contributed by atoms with E-state index in [0.29, 0.717) is 11.6 Å². The third kappa shape index (κ3) is 2.41. The summed E-state index contributed by atoms with van der Waals surface area (Å²) in [5.41, 5.74) is 0. The molecule has 0 aromatic rings. The summed E-state index contributed by atoms with van der Waals surface area (Å²) in [5, 5.41) is 8.78. The molecule has 1 heterocycles. The van der Waals surface area contributed by atoms with Gasteiger partial charge in [-0.25, -0.2) is 9.59 Å². The first-order chi connectivity index (χ1) is 6.66. The molecule has 5 nitrogen and oxygen atoms in total. The van der Waals surface area contributed by atoms with Crippen molar-refractivity contribution in [3.63, 3.8) is 0 Å². The van der Waals surface area contributed by atoms with E-state index < -0.39 is 18.1 Å². The van der Waals surface area contributed by atoms with Crippen LogP contribution in [0.15, 0.2) is 12.7 Å². The average Bonchev–Trinajstić information content (AvgIpc) is 2.62. The zero-order valence-corrected chi connectivity index (χ0v) is 8.33. The largest absolute Gasteiger partial charge is 0.480 e. The van der Waals surface area contributed by atoms with Crippen molar-refractivity contribution >= 4 is 23.8 Å². The lowest BCUT2D eigenvalue weighted by atomic mass is 10.3. The number of ether oxygens (including phenoxy) is 1. The molecule has 0 aromatic heterocycles. The maximum absolute atomic E-state index is 11.3. The first-order valence-corrected chi connectivity index (χ1v) is 5.17. The van der Waals surface area contributed by atoms with Gasteiger partial charge in [0, 0.05) is 5.75 Å². The number of thioether (sulfide) groups is 1. The van der Waals surface area contributed by atoms with Gasteiger partial charge in [0.1, 0.15) is 12.6 Å². The van der Waals surface area contributed by atoms with Crippen LogP contribution in [0.1, 0.15) is 0 Å². The molecule has 1 rings (SSSR count). The number of nitrogens with zero attached hydrogens (tertiary/aromatic N) is 1. The van der Waals surface area contributed by atoms with E-state index in [1.807, 2.05) is 0 Å². The second kappa shape index (κ2) is 4.90. The monoisotopic (exact) mass is 217 g/mol. The highest BCUT2D eigenvalue weighted by Crippen LogP contribution is 2.21. The minimum Gasteiger partial charge on any atom is -0.480 e. The minimum absolute atomic E-state index is 0.104. The molecule has 0 unspecified atom stereocenters. The normalized spacial score (nSPS) is 20.6. The van der Waals surface area contributed by atoms with E-state index in [9.17, 15) is 9.59 Å². The Morgan fingerprint density at radius 1 is 1.71 bits per heavy atom. The molecular formula is C8H11NO4S. The highest BCUT2D eigenvalue weighted by molar-refractivity contribution is 7.99. The number of rotatable bonds is 3.